The molecule has 0 aromatic heterocycles. The van der Waals surface area contributed by atoms with Crippen LogP contribution in [-0.4, -0.2) is 34.0 Å². The highest BCUT2D eigenvalue weighted by molar-refractivity contribution is 6.10. The van der Waals surface area contributed by atoms with Gasteiger partial charge in [-0.25, -0.2) is 0 Å². The van der Waals surface area contributed by atoms with Crippen molar-refractivity contribution >= 4 is 11.6 Å². The van der Waals surface area contributed by atoms with E-state index in [0.717, 1.165) is 25.7 Å². The summed E-state index contributed by atoms with van der Waals surface area (Å²) in [6.07, 6.45) is 20.9. The lowest BCUT2D eigenvalue weighted by Gasteiger charge is -2.23. The molecule has 2 N–H and O–H groups in total. The first-order valence-corrected chi connectivity index (χ1v) is 12.9. The van der Waals surface area contributed by atoms with Crippen molar-refractivity contribution in [3.63, 3.8) is 0 Å². The van der Waals surface area contributed by atoms with Crippen molar-refractivity contribution in [2.24, 2.45) is 0 Å². The zero-order chi connectivity index (χ0) is 22.5. The van der Waals surface area contributed by atoms with E-state index in [9.17, 15) is 19.8 Å². The molecule has 0 aromatic carbocycles. The number of aliphatic hydroxyl groups excluding tert-OH is 1. The molecule has 0 heterocycles. The zero-order valence-electron chi connectivity index (χ0n) is 20.1. The van der Waals surface area contributed by atoms with Gasteiger partial charge in [0.05, 0.1) is 6.61 Å². The fourth-order valence-electron chi connectivity index (χ4n) is 3.94. The van der Waals surface area contributed by atoms with E-state index in [-0.39, 0.29) is 12.8 Å². The molecule has 0 spiro atoms. The maximum atomic E-state index is 12.4. The number of ketones is 2. The Hall–Kier alpha value is -0.740. The molecule has 4 heteroatoms. The third-order valence-corrected chi connectivity index (χ3v) is 6.17. The lowest BCUT2D eigenvalue weighted by molar-refractivity contribution is -0.155. The zero-order valence-corrected chi connectivity index (χ0v) is 20.1. The van der Waals surface area contributed by atoms with Crippen molar-refractivity contribution in [3.05, 3.63) is 0 Å². The van der Waals surface area contributed by atoms with Crippen LogP contribution in [0.15, 0.2) is 0 Å². The van der Waals surface area contributed by atoms with Crippen LogP contribution in [0.3, 0.4) is 0 Å². The molecule has 0 rings (SSSR count). The number of rotatable bonds is 23. The highest BCUT2D eigenvalue weighted by Gasteiger charge is 2.41. The summed E-state index contributed by atoms with van der Waals surface area (Å²) in [5.41, 5.74) is -2.18. The van der Waals surface area contributed by atoms with Crippen molar-refractivity contribution < 1.29 is 19.8 Å². The summed E-state index contributed by atoms with van der Waals surface area (Å²) in [6.45, 7) is 3.64. The van der Waals surface area contributed by atoms with E-state index in [1.165, 1.54) is 77.0 Å². The average molecular weight is 427 g/mol. The summed E-state index contributed by atoms with van der Waals surface area (Å²) < 4.78 is 0. The maximum Gasteiger partial charge on any atom is 0.204 e. The lowest BCUT2D eigenvalue weighted by Crippen LogP contribution is -2.49. The Morgan fingerprint density at radius 2 is 0.800 bits per heavy atom. The molecule has 0 aromatic rings. The summed E-state index contributed by atoms with van der Waals surface area (Å²) in [5, 5.41) is 20.0. The van der Waals surface area contributed by atoms with Gasteiger partial charge < -0.3 is 10.2 Å². The van der Waals surface area contributed by atoms with Gasteiger partial charge >= 0.3 is 0 Å². The van der Waals surface area contributed by atoms with Crippen LogP contribution in [0, 0.1) is 0 Å². The minimum atomic E-state index is -2.18. The topological polar surface area (TPSA) is 74.6 Å². The predicted molar refractivity (Wildman–Crippen MR) is 126 cm³/mol. The summed E-state index contributed by atoms with van der Waals surface area (Å²) >= 11 is 0. The molecule has 0 fully saturated rings. The second-order valence-corrected chi connectivity index (χ2v) is 9.02. The third kappa shape index (κ3) is 14.3. The van der Waals surface area contributed by atoms with Crippen LogP contribution in [0.25, 0.3) is 0 Å². The molecule has 0 radical (unpaired) electrons. The van der Waals surface area contributed by atoms with Crippen LogP contribution >= 0.6 is 0 Å². The van der Waals surface area contributed by atoms with Gasteiger partial charge in [0.15, 0.2) is 11.6 Å². The van der Waals surface area contributed by atoms with Gasteiger partial charge in [-0.1, -0.05) is 117 Å². The number of carbonyl (C=O) groups excluding carboxylic acids is 2. The van der Waals surface area contributed by atoms with Crippen LogP contribution < -0.4 is 0 Å². The Morgan fingerprint density at radius 1 is 0.533 bits per heavy atom. The molecule has 178 valence electrons. The van der Waals surface area contributed by atoms with Crippen molar-refractivity contribution in [2.45, 2.75) is 148 Å². The van der Waals surface area contributed by atoms with Crippen molar-refractivity contribution in [3.8, 4) is 0 Å². The van der Waals surface area contributed by atoms with Crippen LogP contribution in [0.5, 0.6) is 0 Å². The maximum absolute atomic E-state index is 12.4. The van der Waals surface area contributed by atoms with E-state index in [1.54, 1.807) is 0 Å². The Balaban J connectivity index is 3.90. The molecule has 0 atom stereocenters. The lowest BCUT2D eigenvalue weighted by atomic mass is 9.88. The number of Topliss-reactive ketones (excluding diaryl/α,β-unsaturated/α-hetero) is 2. The molecule has 0 amide bonds. The second-order valence-electron chi connectivity index (χ2n) is 9.02. The van der Waals surface area contributed by atoms with Crippen molar-refractivity contribution in [1.29, 1.82) is 0 Å². The van der Waals surface area contributed by atoms with Gasteiger partial charge in [-0.3, -0.25) is 9.59 Å². The van der Waals surface area contributed by atoms with Gasteiger partial charge in [-0.05, 0) is 12.8 Å². The highest BCUT2D eigenvalue weighted by atomic mass is 16.3. The fraction of sp³-hybridized carbons (Fsp3) is 0.923. The van der Waals surface area contributed by atoms with Crippen molar-refractivity contribution in [2.75, 3.05) is 6.61 Å². The Bertz CT molecular complexity index is 385. The summed E-state index contributed by atoms with van der Waals surface area (Å²) in [6, 6.07) is 0. The summed E-state index contributed by atoms with van der Waals surface area (Å²) in [7, 11) is 0. The molecule has 0 unspecified atom stereocenters. The minimum Gasteiger partial charge on any atom is -0.392 e. The standard InChI is InChI=1S/C26H50O4/c1-3-5-7-9-11-13-15-17-19-21-24(28)26(30,23-27)25(29)22-20-18-16-14-12-10-8-6-4-2/h27,30H,3-23H2,1-2H3. The SMILES string of the molecule is CCCCCCCCCCCC(=O)C(O)(CO)C(=O)CCCCCCCCCCC. The van der Waals surface area contributed by atoms with Crippen LogP contribution in [0.1, 0.15) is 142 Å². The second kappa shape index (κ2) is 20.2. The van der Waals surface area contributed by atoms with Crippen LogP contribution in [0.4, 0.5) is 0 Å². The molecule has 0 bridgehead atoms. The average Bonchev–Trinajstić information content (AvgIpc) is 2.75. The van der Waals surface area contributed by atoms with Gasteiger partial charge in [0.2, 0.25) is 5.60 Å². The number of hydrogen-bond donors (Lipinski definition) is 2. The molecular formula is C26H50O4. The third-order valence-electron chi connectivity index (χ3n) is 6.17. The normalized spacial score (nSPS) is 11.7. The quantitative estimate of drug-likeness (QED) is 0.141. The fourth-order valence-corrected chi connectivity index (χ4v) is 3.94. The Labute approximate surface area is 186 Å². The van der Waals surface area contributed by atoms with Gasteiger partial charge in [0.1, 0.15) is 0 Å². The highest BCUT2D eigenvalue weighted by Crippen LogP contribution is 2.18. The molecule has 0 aliphatic rings. The monoisotopic (exact) mass is 426 g/mol. The smallest absolute Gasteiger partial charge is 0.204 e. The van der Waals surface area contributed by atoms with Crippen LogP contribution in [-0.2, 0) is 9.59 Å². The molecule has 0 saturated carbocycles. The van der Waals surface area contributed by atoms with Crippen molar-refractivity contribution in [1.82, 2.24) is 0 Å². The van der Waals surface area contributed by atoms with Gasteiger partial charge in [-0.15, -0.1) is 0 Å². The predicted octanol–water partition coefficient (Wildman–Crippen LogP) is 6.69. The number of unbranched alkanes of at least 4 members (excludes halogenated alkanes) is 16. The Morgan fingerprint density at radius 3 is 1.07 bits per heavy atom. The Kier molecular flexibility index (Phi) is 19.7. The van der Waals surface area contributed by atoms with E-state index in [2.05, 4.69) is 13.8 Å². The van der Waals surface area contributed by atoms with E-state index < -0.39 is 23.8 Å². The molecule has 0 saturated heterocycles. The minimum absolute atomic E-state index is 0.177. The number of carbonyl (C=O) groups is 2. The van der Waals surface area contributed by atoms with Gasteiger partial charge in [0.25, 0.3) is 0 Å². The van der Waals surface area contributed by atoms with E-state index in [0.29, 0.717) is 12.8 Å². The number of aliphatic hydroxyl groups is 2. The van der Waals surface area contributed by atoms with E-state index >= 15 is 0 Å². The first kappa shape index (κ1) is 29.3. The van der Waals surface area contributed by atoms with E-state index in [4.69, 9.17) is 0 Å². The first-order chi connectivity index (χ1) is 14.5. The van der Waals surface area contributed by atoms with E-state index in [1.807, 2.05) is 0 Å². The molecule has 30 heavy (non-hydrogen) atoms. The summed E-state index contributed by atoms with van der Waals surface area (Å²) in [4.78, 5) is 24.7. The largest absolute Gasteiger partial charge is 0.392 e. The molecule has 0 aliphatic heterocycles. The number of hydrogen-bond acceptors (Lipinski definition) is 4. The van der Waals surface area contributed by atoms with Crippen LogP contribution in [0.2, 0.25) is 0 Å². The molecule has 0 aliphatic carbocycles. The summed E-state index contributed by atoms with van der Waals surface area (Å²) in [5.74, 6) is -1.01. The van der Waals surface area contributed by atoms with Gasteiger partial charge in [0, 0.05) is 12.8 Å². The first-order valence-electron chi connectivity index (χ1n) is 12.9. The molecular weight excluding hydrogens is 376 g/mol. The van der Waals surface area contributed by atoms with Gasteiger partial charge in [-0.2, -0.15) is 0 Å². The molecule has 4 nitrogen and oxygen atoms in total.